The summed E-state index contributed by atoms with van der Waals surface area (Å²) in [6.45, 7) is 4.53. The molecule has 0 saturated heterocycles. The van der Waals surface area contributed by atoms with Gasteiger partial charge < -0.3 is 15.3 Å². The Morgan fingerprint density at radius 3 is 2.78 bits per heavy atom. The number of hydrogen-bond donors (Lipinski definition) is 3. The molecule has 3 N–H and O–H groups in total. The Balaban J connectivity index is 2.10. The lowest BCUT2D eigenvalue weighted by Gasteiger charge is -2.09. The Bertz CT molecular complexity index is 807. The molecule has 2 rings (SSSR count). The van der Waals surface area contributed by atoms with E-state index >= 15 is 0 Å². The number of carbonyl (C=O) groups excluding carboxylic acids is 1. The SMILES string of the molecule is CC(C)COc1ccc(NC(=O)c2cn(O)c(=O)[nH]c2=O)cn1. The molecule has 0 aromatic carbocycles. The third-order valence-corrected chi connectivity index (χ3v) is 2.73. The number of hydrogen-bond acceptors (Lipinski definition) is 6. The van der Waals surface area contributed by atoms with E-state index in [4.69, 9.17) is 4.74 Å². The number of nitrogens with zero attached hydrogens (tertiary/aromatic N) is 2. The molecular formula is C14H16N4O5. The van der Waals surface area contributed by atoms with Gasteiger partial charge in [0.25, 0.3) is 11.5 Å². The van der Waals surface area contributed by atoms with Gasteiger partial charge in [0.05, 0.1) is 24.7 Å². The number of ether oxygens (including phenoxy) is 1. The Kier molecular flexibility index (Phi) is 4.79. The monoisotopic (exact) mass is 320 g/mol. The highest BCUT2D eigenvalue weighted by atomic mass is 16.5. The third-order valence-electron chi connectivity index (χ3n) is 2.73. The number of amides is 1. The number of rotatable bonds is 5. The number of aromatic nitrogens is 3. The van der Waals surface area contributed by atoms with Gasteiger partial charge >= 0.3 is 5.69 Å². The van der Waals surface area contributed by atoms with Crippen LogP contribution in [0.15, 0.2) is 34.1 Å². The lowest BCUT2D eigenvalue weighted by molar-refractivity contribution is 0.101. The van der Waals surface area contributed by atoms with Crippen LogP contribution in [-0.4, -0.2) is 32.4 Å². The average molecular weight is 320 g/mol. The molecule has 23 heavy (non-hydrogen) atoms. The second-order valence-electron chi connectivity index (χ2n) is 5.19. The first kappa shape index (κ1) is 16.3. The fourth-order valence-electron chi connectivity index (χ4n) is 1.61. The van der Waals surface area contributed by atoms with E-state index in [2.05, 4.69) is 10.3 Å². The Morgan fingerprint density at radius 2 is 2.17 bits per heavy atom. The minimum atomic E-state index is -1.03. The summed E-state index contributed by atoms with van der Waals surface area (Å²) in [5.41, 5.74) is -2.00. The molecule has 0 aliphatic rings. The van der Waals surface area contributed by atoms with Gasteiger partial charge in [0.2, 0.25) is 5.88 Å². The summed E-state index contributed by atoms with van der Waals surface area (Å²) < 4.78 is 5.53. The molecule has 0 spiro atoms. The molecule has 0 atom stereocenters. The van der Waals surface area contributed by atoms with Crippen molar-refractivity contribution in [1.29, 1.82) is 0 Å². The predicted molar refractivity (Wildman–Crippen MR) is 81.0 cm³/mol. The quantitative estimate of drug-likeness (QED) is 0.687. The van der Waals surface area contributed by atoms with Crippen molar-refractivity contribution >= 4 is 11.6 Å². The van der Waals surface area contributed by atoms with Crippen molar-refractivity contribution in [1.82, 2.24) is 14.7 Å². The molecule has 0 unspecified atom stereocenters. The van der Waals surface area contributed by atoms with E-state index in [1.807, 2.05) is 18.8 Å². The number of pyridine rings is 1. The minimum absolute atomic E-state index is 0.122. The highest BCUT2D eigenvalue weighted by Crippen LogP contribution is 2.13. The summed E-state index contributed by atoms with van der Waals surface area (Å²) in [6.07, 6.45) is 2.11. The first-order chi connectivity index (χ1) is 10.9. The van der Waals surface area contributed by atoms with E-state index in [0.29, 0.717) is 24.1 Å². The molecule has 0 fully saturated rings. The Labute approximate surface area is 130 Å². The van der Waals surface area contributed by atoms with Crippen LogP contribution < -0.4 is 21.3 Å². The van der Waals surface area contributed by atoms with E-state index in [0.717, 1.165) is 6.20 Å². The Morgan fingerprint density at radius 1 is 1.43 bits per heavy atom. The molecule has 0 bridgehead atoms. The van der Waals surface area contributed by atoms with Gasteiger partial charge in [0.1, 0.15) is 5.56 Å². The molecule has 2 heterocycles. The summed E-state index contributed by atoms with van der Waals surface area (Å²) in [5, 5.41) is 11.6. The molecular weight excluding hydrogens is 304 g/mol. The third kappa shape index (κ3) is 4.19. The number of anilines is 1. The van der Waals surface area contributed by atoms with E-state index in [-0.39, 0.29) is 4.73 Å². The molecule has 0 aliphatic carbocycles. The molecule has 9 nitrogen and oxygen atoms in total. The Hall–Kier alpha value is -3.10. The first-order valence-electron chi connectivity index (χ1n) is 6.82. The first-order valence-corrected chi connectivity index (χ1v) is 6.82. The lowest BCUT2D eigenvalue weighted by Crippen LogP contribution is -2.34. The van der Waals surface area contributed by atoms with Gasteiger partial charge in [-0.1, -0.05) is 13.8 Å². The van der Waals surface area contributed by atoms with Gasteiger partial charge in [-0.2, -0.15) is 0 Å². The van der Waals surface area contributed by atoms with Crippen LogP contribution in [0.1, 0.15) is 24.2 Å². The van der Waals surface area contributed by atoms with Crippen molar-refractivity contribution in [2.24, 2.45) is 5.92 Å². The fraction of sp³-hybridized carbons (Fsp3) is 0.286. The van der Waals surface area contributed by atoms with Gasteiger partial charge in [0, 0.05) is 6.07 Å². The molecule has 2 aromatic rings. The van der Waals surface area contributed by atoms with Crippen LogP contribution in [0.5, 0.6) is 5.88 Å². The van der Waals surface area contributed by atoms with Crippen LogP contribution >= 0.6 is 0 Å². The van der Waals surface area contributed by atoms with Crippen LogP contribution in [0.3, 0.4) is 0 Å². The summed E-state index contributed by atoms with van der Waals surface area (Å²) in [7, 11) is 0. The maximum Gasteiger partial charge on any atom is 0.361 e. The maximum absolute atomic E-state index is 12.0. The number of H-pyrrole nitrogens is 1. The molecule has 1 amide bonds. The number of aromatic amines is 1. The van der Waals surface area contributed by atoms with Gasteiger partial charge in [-0.05, 0) is 12.0 Å². The summed E-state index contributed by atoms with van der Waals surface area (Å²) in [4.78, 5) is 40.4. The van der Waals surface area contributed by atoms with Crippen LogP contribution in [0.4, 0.5) is 5.69 Å². The van der Waals surface area contributed by atoms with Crippen molar-refractivity contribution in [2.75, 3.05) is 11.9 Å². The van der Waals surface area contributed by atoms with Gasteiger partial charge in [0.15, 0.2) is 0 Å². The van der Waals surface area contributed by atoms with Crippen LogP contribution in [0.2, 0.25) is 0 Å². The zero-order valence-corrected chi connectivity index (χ0v) is 12.6. The standard InChI is InChI=1S/C14H16N4O5/c1-8(2)7-23-11-4-3-9(5-15-11)16-12(19)10-6-18(22)14(21)17-13(10)20/h3-6,8,22H,7H2,1-2H3,(H,16,19)(H,17,20,21). The van der Waals surface area contributed by atoms with Gasteiger partial charge in [-0.15, -0.1) is 4.73 Å². The highest BCUT2D eigenvalue weighted by Gasteiger charge is 2.13. The largest absolute Gasteiger partial charge is 0.477 e. The maximum atomic E-state index is 12.0. The second kappa shape index (κ2) is 6.77. The van der Waals surface area contributed by atoms with Crippen LogP contribution in [-0.2, 0) is 0 Å². The summed E-state index contributed by atoms with van der Waals surface area (Å²) in [5.74, 6) is -0.0118. The molecule has 0 saturated carbocycles. The van der Waals surface area contributed by atoms with Crippen LogP contribution in [0.25, 0.3) is 0 Å². The van der Waals surface area contributed by atoms with Crippen LogP contribution in [0, 0.1) is 5.92 Å². The fourth-order valence-corrected chi connectivity index (χ4v) is 1.61. The van der Waals surface area contributed by atoms with E-state index < -0.39 is 22.7 Å². The van der Waals surface area contributed by atoms with E-state index in [9.17, 15) is 19.6 Å². The number of carbonyl (C=O) groups is 1. The van der Waals surface area contributed by atoms with E-state index in [1.165, 1.54) is 6.20 Å². The molecule has 9 heteroatoms. The molecule has 0 radical (unpaired) electrons. The summed E-state index contributed by atoms with van der Waals surface area (Å²) in [6, 6.07) is 3.14. The minimum Gasteiger partial charge on any atom is -0.477 e. The van der Waals surface area contributed by atoms with Gasteiger partial charge in [-0.25, -0.2) is 9.78 Å². The van der Waals surface area contributed by atoms with Crippen molar-refractivity contribution in [3.63, 3.8) is 0 Å². The number of nitrogens with one attached hydrogen (secondary N) is 2. The smallest absolute Gasteiger partial charge is 0.361 e. The molecule has 0 aliphatic heterocycles. The topological polar surface area (TPSA) is 126 Å². The summed E-state index contributed by atoms with van der Waals surface area (Å²) >= 11 is 0. The zero-order valence-electron chi connectivity index (χ0n) is 12.6. The molecule has 2 aromatic heterocycles. The van der Waals surface area contributed by atoms with Crippen molar-refractivity contribution in [3.8, 4) is 5.88 Å². The zero-order chi connectivity index (χ0) is 17.0. The lowest BCUT2D eigenvalue weighted by atomic mass is 10.2. The van der Waals surface area contributed by atoms with Crippen molar-refractivity contribution in [2.45, 2.75) is 13.8 Å². The van der Waals surface area contributed by atoms with E-state index in [1.54, 1.807) is 12.1 Å². The highest BCUT2D eigenvalue weighted by molar-refractivity contribution is 6.03. The molecule has 122 valence electrons. The van der Waals surface area contributed by atoms with Crippen molar-refractivity contribution < 1.29 is 14.7 Å². The normalized spacial score (nSPS) is 10.6. The predicted octanol–water partition coefficient (Wildman–Crippen LogP) is 0.456. The van der Waals surface area contributed by atoms with Crippen molar-refractivity contribution in [3.05, 3.63) is 50.9 Å². The van der Waals surface area contributed by atoms with Gasteiger partial charge in [-0.3, -0.25) is 14.6 Å². The second-order valence-corrected chi connectivity index (χ2v) is 5.19. The average Bonchev–Trinajstić information content (AvgIpc) is 2.50.